The van der Waals surface area contributed by atoms with Crippen LogP contribution < -0.4 is 10.5 Å². The van der Waals surface area contributed by atoms with Gasteiger partial charge in [0.25, 0.3) is 5.91 Å². The van der Waals surface area contributed by atoms with Gasteiger partial charge >= 0.3 is 0 Å². The summed E-state index contributed by atoms with van der Waals surface area (Å²) in [5.74, 6) is 0.964. The molecule has 0 saturated carbocycles. The number of amides is 1. The minimum absolute atomic E-state index is 0.0526. The number of ether oxygens (including phenoxy) is 1. The third-order valence-corrected chi connectivity index (χ3v) is 7.32. The van der Waals surface area contributed by atoms with E-state index in [1.54, 1.807) is 6.20 Å². The first-order valence-corrected chi connectivity index (χ1v) is 10.3. The Morgan fingerprint density at radius 2 is 2.04 bits per heavy atom. The summed E-state index contributed by atoms with van der Waals surface area (Å²) in [5, 5.41) is 0. The topological polar surface area (TPSA) is 68.5 Å². The number of carbonyl (C=O) groups excluding carboxylic acids is 1. The molecule has 2 bridgehead atoms. The monoisotopic (exact) mass is 377 g/mol. The first kappa shape index (κ1) is 17.7. The zero-order chi connectivity index (χ0) is 19.3. The van der Waals surface area contributed by atoms with Crippen LogP contribution in [0.2, 0.25) is 0 Å². The third kappa shape index (κ3) is 2.49. The number of hydrogen-bond acceptors (Lipinski definition) is 4. The molecule has 0 spiro atoms. The van der Waals surface area contributed by atoms with E-state index < -0.39 is 5.60 Å². The van der Waals surface area contributed by atoms with E-state index in [0.717, 1.165) is 43.7 Å². The van der Waals surface area contributed by atoms with Crippen LogP contribution in [0.25, 0.3) is 0 Å². The molecular weight excluding hydrogens is 350 g/mol. The Bertz CT molecular complexity index is 878. The zero-order valence-corrected chi connectivity index (χ0v) is 16.3. The Morgan fingerprint density at radius 3 is 2.71 bits per heavy atom. The zero-order valence-electron chi connectivity index (χ0n) is 16.3. The van der Waals surface area contributed by atoms with E-state index in [0.29, 0.717) is 5.92 Å². The molecule has 2 aromatic rings. The molecule has 3 fully saturated rings. The van der Waals surface area contributed by atoms with Crippen molar-refractivity contribution in [1.82, 2.24) is 9.88 Å². The predicted octanol–water partition coefficient (Wildman–Crippen LogP) is 2.75. The fraction of sp³-hybridized carbons (Fsp3) is 0.478. The number of primary amides is 1. The van der Waals surface area contributed by atoms with E-state index in [9.17, 15) is 4.79 Å². The molecule has 4 aliphatic heterocycles. The van der Waals surface area contributed by atoms with Gasteiger partial charge in [0.15, 0.2) is 5.60 Å². The average Bonchev–Trinajstić information content (AvgIpc) is 3.03. The van der Waals surface area contributed by atoms with Crippen molar-refractivity contribution in [2.24, 2.45) is 17.6 Å². The Kier molecular flexibility index (Phi) is 4.16. The van der Waals surface area contributed by atoms with Crippen molar-refractivity contribution in [2.75, 3.05) is 13.1 Å². The second kappa shape index (κ2) is 6.59. The molecule has 5 heteroatoms. The molecule has 4 atom stereocenters. The second-order valence-electron chi connectivity index (χ2n) is 8.55. The quantitative estimate of drug-likeness (QED) is 0.890. The van der Waals surface area contributed by atoms with Crippen LogP contribution >= 0.6 is 0 Å². The van der Waals surface area contributed by atoms with Crippen LogP contribution in [0.4, 0.5) is 0 Å². The molecule has 3 saturated heterocycles. The molecule has 5 nitrogen and oxygen atoms in total. The summed E-state index contributed by atoms with van der Waals surface area (Å²) in [6.07, 6.45) is 6.82. The van der Waals surface area contributed by atoms with E-state index in [2.05, 4.69) is 28.9 Å². The summed E-state index contributed by atoms with van der Waals surface area (Å²) in [5.41, 5.74) is 7.44. The number of hydrogen-bond donors (Lipinski definition) is 1. The normalized spacial score (nSPS) is 36.0. The maximum absolute atomic E-state index is 13.0. The minimum atomic E-state index is -0.986. The number of benzene rings is 1. The van der Waals surface area contributed by atoms with Crippen LogP contribution in [-0.4, -0.2) is 40.5 Å². The van der Waals surface area contributed by atoms with Gasteiger partial charge in [0.2, 0.25) is 0 Å². The van der Waals surface area contributed by atoms with Crippen LogP contribution in [-0.2, 0) is 11.2 Å². The fourth-order valence-corrected chi connectivity index (χ4v) is 6.02. The van der Waals surface area contributed by atoms with Crippen molar-refractivity contribution in [3.05, 3.63) is 59.9 Å². The maximum atomic E-state index is 13.0. The number of carbonyl (C=O) groups is 1. The van der Waals surface area contributed by atoms with Crippen LogP contribution in [0.3, 0.4) is 0 Å². The Balaban J connectivity index is 1.58. The SMILES string of the molecule is CC1c2ccccc2OC1(C(N)=O)C1C2CCN(CC2)C1Cc1cccnc1. The van der Waals surface area contributed by atoms with Crippen molar-refractivity contribution in [2.45, 2.75) is 43.7 Å². The number of pyridine rings is 1. The molecule has 4 aliphatic rings. The maximum Gasteiger partial charge on any atom is 0.262 e. The summed E-state index contributed by atoms with van der Waals surface area (Å²) >= 11 is 0. The molecule has 5 heterocycles. The number of rotatable bonds is 4. The third-order valence-electron chi connectivity index (χ3n) is 7.32. The number of para-hydroxylation sites is 1. The van der Waals surface area contributed by atoms with Gasteiger partial charge in [-0.2, -0.15) is 0 Å². The summed E-state index contributed by atoms with van der Waals surface area (Å²) in [6, 6.07) is 12.4. The highest BCUT2D eigenvalue weighted by Gasteiger charge is 2.62. The molecule has 4 unspecified atom stereocenters. The van der Waals surface area contributed by atoms with E-state index in [4.69, 9.17) is 10.5 Å². The standard InChI is InChI=1S/C23H27N3O2/c1-15-18-6-2-3-7-20(18)28-23(15,22(24)27)21-17-8-11-26(12-9-17)19(21)13-16-5-4-10-25-14-16/h2-7,10,14-15,17,19,21H,8-9,11-13H2,1H3,(H2,24,27). The van der Waals surface area contributed by atoms with Gasteiger partial charge in [-0.1, -0.05) is 31.2 Å². The molecule has 146 valence electrons. The van der Waals surface area contributed by atoms with Crippen molar-refractivity contribution in [3.63, 3.8) is 0 Å². The predicted molar refractivity (Wildman–Crippen MR) is 107 cm³/mol. The highest BCUT2D eigenvalue weighted by molar-refractivity contribution is 5.87. The van der Waals surface area contributed by atoms with E-state index in [1.807, 2.05) is 30.5 Å². The largest absolute Gasteiger partial charge is 0.476 e. The fourth-order valence-electron chi connectivity index (χ4n) is 6.02. The number of fused-ring (bicyclic) bond motifs is 4. The minimum Gasteiger partial charge on any atom is -0.476 e. The lowest BCUT2D eigenvalue weighted by atomic mass is 9.61. The molecule has 2 N–H and O–H groups in total. The van der Waals surface area contributed by atoms with Crippen LogP contribution in [0.15, 0.2) is 48.8 Å². The Labute approximate surface area is 165 Å². The summed E-state index contributed by atoms with van der Waals surface area (Å²) < 4.78 is 6.51. The summed E-state index contributed by atoms with van der Waals surface area (Å²) in [7, 11) is 0. The molecular formula is C23H27N3O2. The Morgan fingerprint density at radius 1 is 1.25 bits per heavy atom. The number of nitrogens with two attached hydrogens (primary N) is 1. The molecule has 28 heavy (non-hydrogen) atoms. The average molecular weight is 377 g/mol. The summed E-state index contributed by atoms with van der Waals surface area (Å²) in [6.45, 7) is 4.28. The van der Waals surface area contributed by atoms with Crippen LogP contribution in [0, 0.1) is 11.8 Å². The van der Waals surface area contributed by atoms with Gasteiger partial charge in [-0.15, -0.1) is 0 Å². The second-order valence-corrected chi connectivity index (χ2v) is 8.55. The molecule has 1 aromatic carbocycles. The van der Waals surface area contributed by atoms with Gasteiger partial charge in [0.1, 0.15) is 5.75 Å². The lowest BCUT2D eigenvalue weighted by molar-refractivity contribution is -0.155. The molecule has 1 aromatic heterocycles. The summed E-state index contributed by atoms with van der Waals surface area (Å²) in [4.78, 5) is 19.9. The van der Waals surface area contributed by atoms with Crippen molar-refractivity contribution in [1.29, 1.82) is 0 Å². The van der Waals surface area contributed by atoms with Gasteiger partial charge in [-0.05, 0) is 56.0 Å². The van der Waals surface area contributed by atoms with E-state index in [-0.39, 0.29) is 23.8 Å². The molecule has 6 rings (SSSR count). The van der Waals surface area contributed by atoms with Gasteiger partial charge in [0, 0.05) is 35.8 Å². The van der Waals surface area contributed by atoms with Crippen molar-refractivity contribution in [3.8, 4) is 5.75 Å². The van der Waals surface area contributed by atoms with Gasteiger partial charge in [0.05, 0.1) is 0 Å². The number of piperidine rings is 3. The molecule has 0 radical (unpaired) electrons. The Hall–Kier alpha value is -2.40. The smallest absolute Gasteiger partial charge is 0.262 e. The highest BCUT2D eigenvalue weighted by atomic mass is 16.5. The lowest BCUT2D eigenvalue weighted by Gasteiger charge is -2.56. The number of aromatic nitrogens is 1. The van der Waals surface area contributed by atoms with Gasteiger partial charge < -0.3 is 10.5 Å². The lowest BCUT2D eigenvalue weighted by Crippen LogP contribution is -2.68. The van der Waals surface area contributed by atoms with Crippen LogP contribution in [0.5, 0.6) is 5.75 Å². The molecule has 0 aliphatic carbocycles. The van der Waals surface area contributed by atoms with Crippen molar-refractivity contribution < 1.29 is 9.53 Å². The first-order valence-electron chi connectivity index (χ1n) is 10.3. The number of nitrogens with zero attached hydrogens (tertiary/aromatic N) is 2. The van der Waals surface area contributed by atoms with Gasteiger partial charge in [-0.25, -0.2) is 0 Å². The van der Waals surface area contributed by atoms with Gasteiger partial charge in [-0.3, -0.25) is 14.7 Å². The first-order chi connectivity index (χ1) is 13.6. The van der Waals surface area contributed by atoms with E-state index in [1.165, 1.54) is 5.56 Å². The highest BCUT2D eigenvalue weighted by Crippen LogP contribution is 2.55. The van der Waals surface area contributed by atoms with E-state index >= 15 is 0 Å². The van der Waals surface area contributed by atoms with Crippen molar-refractivity contribution >= 4 is 5.91 Å². The van der Waals surface area contributed by atoms with Crippen LogP contribution in [0.1, 0.15) is 36.8 Å². The molecule has 1 amide bonds.